The second-order valence-electron chi connectivity index (χ2n) is 5.70. The Morgan fingerprint density at radius 1 is 1.04 bits per heavy atom. The summed E-state index contributed by atoms with van der Waals surface area (Å²) in [6.07, 6.45) is -0.0733. The van der Waals surface area contributed by atoms with Crippen molar-refractivity contribution in [2.45, 2.75) is 57.3 Å². The van der Waals surface area contributed by atoms with E-state index in [1.54, 1.807) is 6.92 Å². The Kier molecular flexibility index (Phi) is 13.1. The van der Waals surface area contributed by atoms with Crippen LogP contribution in [-0.4, -0.2) is 60.0 Å². The van der Waals surface area contributed by atoms with Gasteiger partial charge in [0.25, 0.3) is 0 Å². The fourth-order valence-corrected chi connectivity index (χ4v) is 2.42. The Morgan fingerprint density at radius 3 is 2.08 bits per heavy atom. The summed E-state index contributed by atoms with van der Waals surface area (Å²) in [6, 6.07) is -2.67. The number of carbonyl (C=O) groups excluding carboxylic acids is 3. The molecule has 0 aliphatic carbocycles. The van der Waals surface area contributed by atoms with Crippen LogP contribution in [0.1, 0.15) is 33.1 Å². The van der Waals surface area contributed by atoms with Gasteiger partial charge in [-0.3, -0.25) is 14.4 Å². The first kappa shape index (κ1) is 24.3. The quantitative estimate of drug-likeness (QED) is 0.201. The van der Waals surface area contributed by atoms with Gasteiger partial charge in [-0.25, -0.2) is 0 Å². The van der Waals surface area contributed by atoms with Gasteiger partial charge in [0.1, 0.15) is 6.04 Å². The molecule has 0 fully saturated rings. The number of amides is 2. The zero-order valence-corrected chi connectivity index (χ0v) is 17.1. The summed E-state index contributed by atoms with van der Waals surface area (Å²) in [4.78, 5) is 36.5. The highest BCUT2D eigenvalue weighted by atomic mass is 31.0. The molecule has 0 aliphatic heterocycles. The SMILES string of the molecule is CCC(=O)C(CCNP)NC(=O)C(NC(=O)C(N)CCNP)C(C)O. The van der Waals surface area contributed by atoms with E-state index in [1.807, 2.05) is 0 Å². The summed E-state index contributed by atoms with van der Waals surface area (Å²) in [5, 5.41) is 20.5. The highest BCUT2D eigenvalue weighted by molar-refractivity contribution is 7.13. The maximum atomic E-state index is 12.4. The molecule has 0 spiro atoms. The lowest BCUT2D eigenvalue weighted by Gasteiger charge is -2.25. The molecule has 0 aromatic heterocycles. The second kappa shape index (κ2) is 13.5. The number of ketones is 1. The standard InChI is InChI=1S/C14H31N5O4P2/c1-3-11(21)10(5-7-17-25)18-14(23)12(8(2)20)19-13(22)9(15)4-6-16-24/h8-10,12,16-17,20H,3-7,15,24-25H2,1-2H3,(H,18,23)(H,19,22). The van der Waals surface area contributed by atoms with Crippen molar-refractivity contribution in [2.24, 2.45) is 5.73 Å². The maximum absolute atomic E-state index is 12.4. The number of nitrogens with one attached hydrogen (secondary N) is 4. The summed E-state index contributed by atoms with van der Waals surface area (Å²) in [7, 11) is 4.63. The lowest BCUT2D eigenvalue weighted by Crippen LogP contribution is -2.58. The van der Waals surface area contributed by atoms with Crippen LogP contribution in [0.3, 0.4) is 0 Å². The molecular formula is C14H31N5O4P2. The van der Waals surface area contributed by atoms with Crippen molar-refractivity contribution in [3.8, 4) is 0 Å². The highest BCUT2D eigenvalue weighted by Crippen LogP contribution is 2.02. The summed E-state index contributed by atoms with van der Waals surface area (Å²) < 4.78 is 0. The number of hydrogen-bond donors (Lipinski definition) is 6. The van der Waals surface area contributed by atoms with E-state index in [2.05, 4.69) is 39.6 Å². The van der Waals surface area contributed by atoms with Gasteiger partial charge in [-0.1, -0.05) is 25.7 Å². The lowest BCUT2D eigenvalue weighted by atomic mass is 10.0. The predicted octanol–water partition coefficient (Wildman–Crippen LogP) is -1.82. The predicted molar refractivity (Wildman–Crippen MR) is 103 cm³/mol. The minimum Gasteiger partial charge on any atom is -0.391 e. The van der Waals surface area contributed by atoms with Crippen LogP contribution in [0.4, 0.5) is 0 Å². The maximum Gasteiger partial charge on any atom is 0.245 e. The van der Waals surface area contributed by atoms with E-state index >= 15 is 0 Å². The Labute approximate surface area is 153 Å². The first-order valence-electron chi connectivity index (χ1n) is 8.22. The van der Waals surface area contributed by atoms with E-state index in [9.17, 15) is 19.5 Å². The average Bonchev–Trinajstić information content (AvgIpc) is 2.59. The molecule has 0 heterocycles. The van der Waals surface area contributed by atoms with Crippen molar-refractivity contribution in [2.75, 3.05) is 13.1 Å². The average molecular weight is 395 g/mol. The van der Waals surface area contributed by atoms with Crippen LogP contribution < -0.4 is 26.5 Å². The molecule has 146 valence electrons. The van der Waals surface area contributed by atoms with Crippen LogP contribution in [0, 0.1) is 0 Å². The molecule has 0 saturated heterocycles. The van der Waals surface area contributed by atoms with E-state index < -0.39 is 36.0 Å². The first-order chi connectivity index (χ1) is 11.8. The third kappa shape index (κ3) is 9.54. The van der Waals surface area contributed by atoms with Gasteiger partial charge in [0.2, 0.25) is 11.8 Å². The van der Waals surface area contributed by atoms with Gasteiger partial charge in [0, 0.05) is 19.5 Å². The van der Waals surface area contributed by atoms with Crippen LogP contribution in [0.2, 0.25) is 0 Å². The summed E-state index contributed by atoms with van der Waals surface area (Å²) >= 11 is 0. The smallest absolute Gasteiger partial charge is 0.245 e. The molecule has 25 heavy (non-hydrogen) atoms. The molecule has 0 rings (SSSR count). The third-order valence-corrected chi connectivity index (χ3v) is 4.21. The monoisotopic (exact) mass is 395 g/mol. The molecule has 0 aliphatic rings. The van der Waals surface area contributed by atoms with Gasteiger partial charge < -0.3 is 31.6 Å². The Bertz CT molecular complexity index is 439. The number of aliphatic hydroxyl groups excluding tert-OH is 1. The summed E-state index contributed by atoms with van der Waals surface area (Å²) in [5.41, 5.74) is 5.75. The second-order valence-corrected chi connectivity index (χ2v) is 6.52. The first-order valence-corrected chi connectivity index (χ1v) is 9.37. The minimum absolute atomic E-state index is 0.118. The van der Waals surface area contributed by atoms with Crippen LogP contribution in [-0.2, 0) is 14.4 Å². The molecule has 11 heteroatoms. The normalized spacial score (nSPS) is 15.8. The van der Waals surface area contributed by atoms with Gasteiger partial charge in [-0.05, 0) is 19.8 Å². The number of aliphatic hydroxyl groups is 1. The topological polar surface area (TPSA) is 146 Å². The number of carbonyl (C=O) groups is 3. The van der Waals surface area contributed by atoms with Gasteiger partial charge in [0.15, 0.2) is 5.78 Å². The molecule has 6 unspecified atom stereocenters. The van der Waals surface area contributed by atoms with Crippen molar-refractivity contribution < 1.29 is 19.5 Å². The molecule has 0 radical (unpaired) electrons. The van der Waals surface area contributed by atoms with E-state index in [0.717, 1.165) is 0 Å². The third-order valence-electron chi connectivity index (χ3n) is 3.63. The van der Waals surface area contributed by atoms with Crippen LogP contribution in [0.5, 0.6) is 0 Å². The van der Waals surface area contributed by atoms with E-state index in [0.29, 0.717) is 25.9 Å². The number of Topliss-reactive ketones (excluding diaryl/α,β-unsaturated/α-hetero) is 1. The van der Waals surface area contributed by atoms with Crippen molar-refractivity contribution >= 4 is 36.4 Å². The van der Waals surface area contributed by atoms with E-state index in [-0.39, 0.29) is 12.2 Å². The molecule has 0 bridgehead atoms. The molecule has 0 saturated carbocycles. The molecule has 0 aromatic carbocycles. The molecule has 9 nitrogen and oxygen atoms in total. The van der Waals surface area contributed by atoms with Crippen molar-refractivity contribution in [3.63, 3.8) is 0 Å². The highest BCUT2D eigenvalue weighted by Gasteiger charge is 2.30. The van der Waals surface area contributed by atoms with Gasteiger partial charge in [-0.15, -0.1) is 0 Å². The molecule has 6 atom stereocenters. The van der Waals surface area contributed by atoms with Crippen LogP contribution in [0.25, 0.3) is 0 Å². The Morgan fingerprint density at radius 2 is 1.60 bits per heavy atom. The zero-order valence-electron chi connectivity index (χ0n) is 14.7. The van der Waals surface area contributed by atoms with Crippen molar-refractivity contribution in [1.29, 1.82) is 0 Å². The van der Waals surface area contributed by atoms with Crippen LogP contribution >= 0.6 is 18.8 Å². The fourth-order valence-electron chi connectivity index (χ4n) is 2.08. The van der Waals surface area contributed by atoms with Crippen LogP contribution in [0.15, 0.2) is 0 Å². The largest absolute Gasteiger partial charge is 0.391 e. The minimum atomic E-state index is -1.18. The Balaban J connectivity index is 4.91. The van der Waals surface area contributed by atoms with Crippen molar-refractivity contribution in [3.05, 3.63) is 0 Å². The van der Waals surface area contributed by atoms with Gasteiger partial charge in [-0.2, -0.15) is 0 Å². The molecular weight excluding hydrogens is 364 g/mol. The van der Waals surface area contributed by atoms with Gasteiger partial charge in [0.05, 0.1) is 18.2 Å². The van der Waals surface area contributed by atoms with E-state index in [1.165, 1.54) is 6.92 Å². The number of nitrogens with two attached hydrogens (primary N) is 1. The lowest BCUT2D eigenvalue weighted by molar-refractivity contribution is -0.134. The summed E-state index contributed by atoms with van der Waals surface area (Å²) in [6.45, 7) is 4.13. The number of hydrogen-bond acceptors (Lipinski definition) is 7. The number of rotatable bonds is 13. The zero-order chi connectivity index (χ0) is 19.4. The Hall–Kier alpha value is -0.690. The summed E-state index contributed by atoms with van der Waals surface area (Å²) in [5.74, 6) is -1.27. The fraction of sp³-hybridized carbons (Fsp3) is 0.786. The van der Waals surface area contributed by atoms with Crippen molar-refractivity contribution in [1.82, 2.24) is 20.8 Å². The molecule has 0 aromatic rings. The molecule has 7 N–H and O–H groups in total. The van der Waals surface area contributed by atoms with E-state index in [4.69, 9.17) is 5.73 Å². The molecule has 2 amide bonds. The van der Waals surface area contributed by atoms with Gasteiger partial charge >= 0.3 is 0 Å².